The summed E-state index contributed by atoms with van der Waals surface area (Å²) in [5, 5.41) is 22.5. The Bertz CT molecular complexity index is 639. The molecule has 1 aromatic heterocycles. The third-order valence-corrected chi connectivity index (χ3v) is 3.42. The minimum atomic E-state index is -1.31. The molecular weight excluding hydrogens is 320 g/mol. The van der Waals surface area contributed by atoms with Crippen molar-refractivity contribution in [3.05, 3.63) is 64.9 Å². The highest BCUT2D eigenvalue weighted by Crippen LogP contribution is 2.22. The lowest BCUT2D eigenvalue weighted by atomic mass is 10.1. The van der Waals surface area contributed by atoms with Crippen LogP contribution in [0.15, 0.2) is 48.7 Å². The molecule has 1 amide bonds. The van der Waals surface area contributed by atoms with Crippen molar-refractivity contribution < 1.29 is 19.7 Å². The molecule has 3 N–H and O–H groups in total. The quantitative estimate of drug-likeness (QED) is 0.751. The second-order valence-corrected chi connectivity index (χ2v) is 5.23. The van der Waals surface area contributed by atoms with Crippen molar-refractivity contribution in [1.82, 2.24) is 10.3 Å². The number of aliphatic hydroxyl groups excluding tert-OH is 2. The highest BCUT2D eigenvalue weighted by atomic mass is 35.5. The Morgan fingerprint density at radius 1 is 1.22 bits per heavy atom. The number of aromatic nitrogens is 1. The smallest absolute Gasteiger partial charge is 0.407 e. The second kappa shape index (κ2) is 8.47. The number of amides is 1. The van der Waals surface area contributed by atoms with Gasteiger partial charge < -0.3 is 20.3 Å². The normalized spacial score (nSPS) is 13.2. The number of aliphatic hydroxyl groups is 2. The summed E-state index contributed by atoms with van der Waals surface area (Å²) in [5.74, 6) is 0. The first-order valence-electron chi connectivity index (χ1n) is 6.99. The van der Waals surface area contributed by atoms with E-state index in [9.17, 15) is 15.0 Å². The number of nitrogens with zero attached hydrogens (tertiary/aromatic N) is 1. The van der Waals surface area contributed by atoms with Crippen LogP contribution < -0.4 is 5.32 Å². The number of carbonyl (C=O) groups is 1. The molecule has 0 aliphatic heterocycles. The Morgan fingerprint density at radius 3 is 2.65 bits per heavy atom. The summed E-state index contributed by atoms with van der Waals surface area (Å²) in [5.41, 5.74) is 1.00. The molecule has 7 heteroatoms. The SMILES string of the molecule is O=C(NCC(O)C(O)c1ncccc1Cl)OCc1ccccc1. The number of hydrogen-bond acceptors (Lipinski definition) is 5. The first-order valence-corrected chi connectivity index (χ1v) is 7.37. The van der Waals surface area contributed by atoms with E-state index in [1.807, 2.05) is 30.3 Å². The molecule has 0 fully saturated rings. The molecule has 23 heavy (non-hydrogen) atoms. The average molecular weight is 337 g/mol. The third-order valence-electron chi connectivity index (χ3n) is 3.10. The monoisotopic (exact) mass is 336 g/mol. The minimum Gasteiger partial charge on any atom is -0.445 e. The standard InChI is InChI=1S/C16H17ClN2O4/c17-12-7-4-8-18-14(12)15(21)13(20)9-19-16(22)23-10-11-5-2-1-3-6-11/h1-8,13,15,20-21H,9-10H2,(H,19,22). The zero-order valence-electron chi connectivity index (χ0n) is 12.2. The van der Waals surface area contributed by atoms with Crippen molar-refractivity contribution in [1.29, 1.82) is 0 Å². The lowest BCUT2D eigenvalue weighted by Crippen LogP contribution is -2.36. The number of pyridine rings is 1. The van der Waals surface area contributed by atoms with Crippen LogP contribution >= 0.6 is 11.6 Å². The fourth-order valence-corrected chi connectivity index (χ4v) is 2.10. The number of nitrogens with one attached hydrogen (secondary N) is 1. The number of alkyl carbamates (subject to hydrolysis) is 1. The molecule has 1 heterocycles. The molecule has 6 nitrogen and oxygen atoms in total. The average Bonchev–Trinajstić information content (AvgIpc) is 2.58. The van der Waals surface area contributed by atoms with Gasteiger partial charge in [0.05, 0.1) is 10.7 Å². The Labute approximate surface area is 138 Å². The maximum Gasteiger partial charge on any atom is 0.407 e. The number of benzene rings is 1. The Morgan fingerprint density at radius 2 is 1.96 bits per heavy atom. The van der Waals surface area contributed by atoms with Crippen LogP contribution in [-0.2, 0) is 11.3 Å². The van der Waals surface area contributed by atoms with Gasteiger partial charge in [0.1, 0.15) is 18.8 Å². The number of carbonyl (C=O) groups excluding carboxylic acids is 1. The van der Waals surface area contributed by atoms with Crippen LogP contribution in [0.25, 0.3) is 0 Å². The van der Waals surface area contributed by atoms with Crippen molar-refractivity contribution in [2.75, 3.05) is 6.54 Å². The highest BCUT2D eigenvalue weighted by molar-refractivity contribution is 6.31. The molecule has 0 saturated heterocycles. The first-order chi connectivity index (χ1) is 11.1. The minimum absolute atomic E-state index is 0.122. The van der Waals surface area contributed by atoms with Crippen LogP contribution in [0.4, 0.5) is 4.79 Å². The van der Waals surface area contributed by atoms with E-state index in [0.29, 0.717) is 0 Å². The third kappa shape index (κ3) is 5.21. The molecule has 0 saturated carbocycles. The van der Waals surface area contributed by atoms with E-state index in [-0.39, 0.29) is 23.9 Å². The van der Waals surface area contributed by atoms with Gasteiger partial charge in [-0.25, -0.2) is 4.79 Å². The Kier molecular flexibility index (Phi) is 6.34. The van der Waals surface area contributed by atoms with Gasteiger partial charge in [0.15, 0.2) is 0 Å². The van der Waals surface area contributed by atoms with Gasteiger partial charge >= 0.3 is 6.09 Å². The Balaban J connectivity index is 1.78. The van der Waals surface area contributed by atoms with Crippen LogP contribution in [0.2, 0.25) is 5.02 Å². The van der Waals surface area contributed by atoms with Crippen molar-refractivity contribution in [2.45, 2.75) is 18.8 Å². The van der Waals surface area contributed by atoms with Crippen molar-refractivity contribution in [3.8, 4) is 0 Å². The van der Waals surface area contributed by atoms with Gasteiger partial charge in [-0.2, -0.15) is 0 Å². The zero-order chi connectivity index (χ0) is 16.7. The molecule has 0 bridgehead atoms. The van der Waals surface area contributed by atoms with Gasteiger partial charge in [-0.1, -0.05) is 41.9 Å². The lowest BCUT2D eigenvalue weighted by Gasteiger charge is -2.18. The summed E-state index contributed by atoms with van der Waals surface area (Å²) in [7, 11) is 0. The van der Waals surface area contributed by atoms with Crippen LogP contribution in [0.1, 0.15) is 17.4 Å². The van der Waals surface area contributed by atoms with Gasteiger partial charge in [0, 0.05) is 12.7 Å². The van der Waals surface area contributed by atoms with Gasteiger partial charge in [-0.05, 0) is 17.7 Å². The van der Waals surface area contributed by atoms with E-state index < -0.39 is 18.3 Å². The summed E-state index contributed by atoms with van der Waals surface area (Å²) in [6.45, 7) is -0.0704. The van der Waals surface area contributed by atoms with Crippen molar-refractivity contribution in [3.63, 3.8) is 0 Å². The highest BCUT2D eigenvalue weighted by Gasteiger charge is 2.22. The summed E-state index contributed by atoms with van der Waals surface area (Å²) in [4.78, 5) is 15.5. The molecule has 122 valence electrons. The molecular formula is C16H17ClN2O4. The van der Waals surface area contributed by atoms with Crippen molar-refractivity contribution in [2.24, 2.45) is 0 Å². The van der Waals surface area contributed by atoms with E-state index in [4.69, 9.17) is 16.3 Å². The van der Waals surface area contributed by atoms with Crippen LogP contribution in [0.5, 0.6) is 0 Å². The Hall–Kier alpha value is -2.15. The zero-order valence-corrected chi connectivity index (χ0v) is 13.0. The molecule has 2 atom stereocenters. The number of hydrogen-bond donors (Lipinski definition) is 3. The maximum absolute atomic E-state index is 11.6. The van der Waals surface area contributed by atoms with Gasteiger partial charge in [-0.3, -0.25) is 4.98 Å². The maximum atomic E-state index is 11.6. The summed E-state index contributed by atoms with van der Waals surface area (Å²) < 4.78 is 5.00. The summed E-state index contributed by atoms with van der Waals surface area (Å²) in [6, 6.07) is 12.4. The summed E-state index contributed by atoms with van der Waals surface area (Å²) in [6.07, 6.45) is -1.80. The van der Waals surface area contributed by atoms with E-state index >= 15 is 0 Å². The van der Waals surface area contributed by atoms with Crippen LogP contribution in [0.3, 0.4) is 0 Å². The predicted molar refractivity (Wildman–Crippen MR) is 84.8 cm³/mol. The number of ether oxygens (including phenoxy) is 1. The molecule has 2 rings (SSSR count). The van der Waals surface area contributed by atoms with Crippen LogP contribution in [0, 0.1) is 0 Å². The topological polar surface area (TPSA) is 91.7 Å². The van der Waals surface area contributed by atoms with E-state index in [1.165, 1.54) is 6.20 Å². The fourth-order valence-electron chi connectivity index (χ4n) is 1.87. The molecule has 0 aliphatic carbocycles. The van der Waals surface area contributed by atoms with Crippen LogP contribution in [-0.4, -0.2) is 33.9 Å². The number of halogens is 1. The number of rotatable bonds is 6. The first kappa shape index (κ1) is 17.2. The molecule has 0 aliphatic rings. The molecule has 2 aromatic rings. The van der Waals surface area contributed by atoms with Gasteiger partial charge in [-0.15, -0.1) is 0 Å². The fraction of sp³-hybridized carbons (Fsp3) is 0.250. The lowest BCUT2D eigenvalue weighted by molar-refractivity contribution is 0.0160. The van der Waals surface area contributed by atoms with Gasteiger partial charge in [0.25, 0.3) is 0 Å². The molecule has 0 radical (unpaired) electrons. The van der Waals surface area contributed by atoms with E-state index in [1.54, 1.807) is 12.1 Å². The second-order valence-electron chi connectivity index (χ2n) is 4.83. The molecule has 2 unspecified atom stereocenters. The van der Waals surface area contributed by atoms with E-state index in [2.05, 4.69) is 10.3 Å². The van der Waals surface area contributed by atoms with Gasteiger partial charge in [0.2, 0.25) is 0 Å². The van der Waals surface area contributed by atoms with Crippen molar-refractivity contribution >= 4 is 17.7 Å². The molecule has 1 aromatic carbocycles. The molecule has 0 spiro atoms. The van der Waals surface area contributed by atoms with E-state index in [0.717, 1.165) is 5.56 Å². The summed E-state index contributed by atoms with van der Waals surface area (Å²) >= 11 is 5.90. The predicted octanol–water partition coefficient (Wildman–Crippen LogP) is 2.06. The largest absolute Gasteiger partial charge is 0.445 e.